The topological polar surface area (TPSA) is 73.3 Å². The first-order chi connectivity index (χ1) is 12.2. The number of aromatic amines is 1. The van der Waals surface area contributed by atoms with Crippen molar-refractivity contribution < 1.29 is 15.0 Å². The number of aliphatic hydroxyl groups excluding tert-OH is 1. The third-order valence-electron chi connectivity index (χ3n) is 5.42. The summed E-state index contributed by atoms with van der Waals surface area (Å²) < 4.78 is 0. The number of aliphatic hydroxyl groups is 1. The molecule has 1 aromatic carbocycles. The van der Waals surface area contributed by atoms with Gasteiger partial charge in [0.05, 0.1) is 5.69 Å². The summed E-state index contributed by atoms with van der Waals surface area (Å²) in [4.78, 5) is 15.5. The molecule has 0 saturated heterocycles. The highest BCUT2D eigenvalue weighted by Gasteiger charge is 2.20. The summed E-state index contributed by atoms with van der Waals surface area (Å²) in [6.45, 7) is 0.321. The van der Waals surface area contributed by atoms with Crippen molar-refractivity contribution in [2.75, 3.05) is 6.61 Å². The first-order valence-corrected chi connectivity index (χ1v) is 9.27. The van der Waals surface area contributed by atoms with E-state index in [2.05, 4.69) is 4.98 Å². The minimum Gasteiger partial charge on any atom is -0.508 e. The second-order valence-corrected chi connectivity index (χ2v) is 7.23. The number of aromatic nitrogens is 1. The molecule has 0 radical (unpaired) electrons. The van der Waals surface area contributed by atoms with Gasteiger partial charge in [0.1, 0.15) is 5.75 Å². The van der Waals surface area contributed by atoms with E-state index in [1.54, 1.807) is 12.1 Å². The smallest absolute Gasteiger partial charge is 0.179 e. The van der Waals surface area contributed by atoms with Crippen LogP contribution in [0.3, 0.4) is 0 Å². The van der Waals surface area contributed by atoms with Crippen molar-refractivity contribution in [3.63, 3.8) is 0 Å². The lowest BCUT2D eigenvalue weighted by molar-refractivity contribution is 0.0970. The zero-order valence-electron chi connectivity index (χ0n) is 14.6. The fourth-order valence-corrected chi connectivity index (χ4v) is 3.76. The van der Waals surface area contributed by atoms with Crippen molar-refractivity contribution in [3.05, 3.63) is 42.2 Å². The molecule has 0 atom stereocenters. The number of rotatable bonds is 7. The molecule has 1 aliphatic rings. The van der Waals surface area contributed by atoms with E-state index in [0.29, 0.717) is 30.6 Å². The molecule has 3 rings (SSSR count). The molecular formula is C21H27NO3. The normalized spacial score (nSPS) is 20.5. The quantitative estimate of drug-likeness (QED) is 0.647. The maximum absolute atomic E-state index is 12.4. The molecule has 0 aliphatic heterocycles. The molecule has 1 aliphatic carbocycles. The Morgan fingerprint density at radius 3 is 2.40 bits per heavy atom. The first kappa shape index (κ1) is 17.7. The molecule has 134 valence electrons. The SMILES string of the molecule is O=C(CCCC1CCC(CO)CC1)c1cc(-c2ccc(O)cc2)c[nH]1. The predicted molar refractivity (Wildman–Crippen MR) is 98.6 cm³/mol. The predicted octanol–water partition coefficient (Wildman–Crippen LogP) is 4.54. The maximum atomic E-state index is 12.4. The molecule has 2 aromatic rings. The molecule has 1 fully saturated rings. The first-order valence-electron chi connectivity index (χ1n) is 9.27. The van der Waals surface area contributed by atoms with Gasteiger partial charge in [0, 0.05) is 19.2 Å². The van der Waals surface area contributed by atoms with Crippen molar-refractivity contribution in [2.24, 2.45) is 11.8 Å². The molecule has 0 unspecified atom stereocenters. The van der Waals surface area contributed by atoms with Gasteiger partial charge in [0.15, 0.2) is 5.78 Å². The number of hydrogen-bond acceptors (Lipinski definition) is 3. The third kappa shape index (κ3) is 4.73. The van der Waals surface area contributed by atoms with E-state index in [0.717, 1.165) is 36.8 Å². The summed E-state index contributed by atoms with van der Waals surface area (Å²) >= 11 is 0. The summed E-state index contributed by atoms with van der Waals surface area (Å²) in [6, 6.07) is 8.87. The zero-order chi connectivity index (χ0) is 17.6. The van der Waals surface area contributed by atoms with E-state index in [1.807, 2.05) is 24.4 Å². The minimum absolute atomic E-state index is 0.161. The van der Waals surface area contributed by atoms with Crippen molar-refractivity contribution in [2.45, 2.75) is 44.9 Å². The highest BCUT2D eigenvalue weighted by Crippen LogP contribution is 2.31. The van der Waals surface area contributed by atoms with Crippen LogP contribution in [0.5, 0.6) is 5.75 Å². The summed E-state index contributed by atoms with van der Waals surface area (Å²) in [5.41, 5.74) is 2.60. The highest BCUT2D eigenvalue weighted by molar-refractivity contribution is 5.95. The van der Waals surface area contributed by atoms with E-state index >= 15 is 0 Å². The molecule has 1 saturated carbocycles. The Bertz CT molecular complexity index is 681. The molecule has 0 amide bonds. The maximum Gasteiger partial charge on any atom is 0.179 e. The number of phenols is 1. The van der Waals surface area contributed by atoms with Crippen LogP contribution in [0, 0.1) is 11.8 Å². The Labute approximate surface area is 148 Å². The number of hydrogen-bond donors (Lipinski definition) is 3. The number of aromatic hydroxyl groups is 1. The highest BCUT2D eigenvalue weighted by atomic mass is 16.3. The zero-order valence-corrected chi connectivity index (χ0v) is 14.6. The van der Waals surface area contributed by atoms with E-state index in [1.165, 1.54) is 12.8 Å². The second-order valence-electron chi connectivity index (χ2n) is 7.23. The monoisotopic (exact) mass is 341 g/mol. The molecule has 4 nitrogen and oxygen atoms in total. The van der Waals surface area contributed by atoms with Crippen molar-refractivity contribution >= 4 is 5.78 Å². The van der Waals surface area contributed by atoms with Crippen LogP contribution in [0.25, 0.3) is 11.1 Å². The Morgan fingerprint density at radius 2 is 1.72 bits per heavy atom. The lowest BCUT2D eigenvalue weighted by Crippen LogP contribution is -2.17. The average molecular weight is 341 g/mol. The molecule has 1 heterocycles. The number of Topliss-reactive ketones (excluding diaryl/α,β-unsaturated/α-hetero) is 1. The van der Waals surface area contributed by atoms with Crippen LogP contribution in [0.1, 0.15) is 55.4 Å². The number of nitrogens with one attached hydrogen (secondary N) is 1. The van der Waals surface area contributed by atoms with Gasteiger partial charge in [-0.05, 0) is 60.4 Å². The van der Waals surface area contributed by atoms with Crippen LogP contribution in [-0.2, 0) is 0 Å². The fourth-order valence-electron chi connectivity index (χ4n) is 3.76. The average Bonchev–Trinajstić information content (AvgIpc) is 3.13. The standard InChI is InChI=1S/C21H27NO3/c23-14-16-6-4-15(5-7-16)2-1-3-21(25)20-12-18(13-22-20)17-8-10-19(24)11-9-17/h8-13,15-16,22-24H,1-7,14H2. The lowest BCUT2D eigenvalue weighted by atomic mass is 9.80. The second kappa shape index (κ2) is 8.34. The van der Waals surface area contributed by atoms with Gasteiger partial charge in [-0.1, -0.05) is 31.4 Å². The van der Waals surface area contributed by atoms with Gasteiger partial charge in [0.2, 0.25) is 0 Å². The third-order valence-corrected chi connectivity index (χ3v) is 5.42. The molecular weight excluding hydrogens is 314 g/mol. The van der Waals surface area contributed by atoms with Crippen molar-refractivity contribution in [3.8, 4) is 16.9 Å². The molecule has 0 spiro atoms. The van der Waals surface area contributed by atoms with Gasteiger partial charge in [-0.25, -0.2) is 0 Å². The Balaban J connectivity index is 1.47. The number of phenolic OH excluding ortho intramolecular Hbond substituents is 1. The molecule has 3 N–H and O–H groups in total. The van der Waals surface area contributed by atoms with Crippen molar-refractivity contribution in [1.29, 1.82) is 0 Å². The summed E-state index contributed by atoms with van der Waals surface area (Å²) in [5, 5.41) is 18.5. The van der Waals surface area contributed by atoms with Crippen LogP contribution >= 0.6 is 0 Å². The number of ketones is 1. The van der Waals surface area contributed by atoms with Crippen LogP contribution in [0.4, 0.5) is 0 Å². The molecule has 0 bridgehead atoms. The summed E-state index contributed by atoms with van der Waals surface area (Å²) in [6.07, 6.45) is 9.09. The fraction of sp³-hybridized carbons (Fsp3) is 0.476. The van der Waals surface area contributed by atoms with Gasteiger partial charge < -0.3 is 15.2 Å². The van der Waals surface area contributed by atoms with Gasteiger partial charge in [-0.2, -0.15) is 0 Å². The van der Waals surface area contributed by atoms with Gasteiger partial charge in [-0.15, -0.1) is 0 Å². The van der Waals surface area contributed by atoms with Crippen molar-refractivity contribution in [1.82, 2.24) is 4.98 Å². The Hall–Kier alpha value is -2.07. The largest absolute Gasteiger partial charge is 0.508 e. The van der Waals surface area contributed by atoms with E-state index in [9.17, 15) is 15.0 Å². The number of H-pyrrole nitrogens is 1. The Kier molecular flexibility index (Phi) is 5.92. The summed E-state index contributed by atoms with van der Waals surface area (Å²) in [5.74, 6) is 1.61. The van der Waals surface area contributed by atoms with E-state index in [4.69, 9.17) is 0 Å². The Morgan fingerprint density at radius 1 is 1.04 bits per heavy atom. The minimum atomic E-state index is 0.161. The van der Waals surface area contributed by atoms with Crippen LogP contribution in [0.2, 0.25) is 0 Å². The summed E-state index contributed by atoms with van der Waals surface area (Å²) in [7, 11) is 0. The molecule has 4 heteroatoms. The number of benzene rings is 1. The van der Waals surface area contributed by atoms with E-state index < -0.39 is 0 Å². The lowest BCUT2D eigenvalue weighted by Gasteiger charge is -2.27. The van der Waals surface area contributed by atoms with Crippen LogP contribution < -0.4 is 0 Å². The van der Waals surface area contributed by atoms with E-state index in [-0.39, 0.29) is 11.5 Å². The van der Waals surface area contributed by atoms with Crippen LogP contribution in [0.15, 0.2) is 36.5 Å². The van der Waals surface area contributed by atoms with Gasteiger partial charge in [0.25, 0.3) is 0 Å². The number of carbonyl (C=O) groups is 1. The molecule has 25 heavy (non-hydrogen) atoms. The number of carbonyl (C=O) groups excluding carboxylic acids is 1. The van der Waals surface area contributed by atoms with Gasteiger partial charge in [-0.3, -0.25) is 4.79 Å². The van der Waals surface area contributed by atoms with Crippen LogP contribution in [-0.4, -0.2) is 27.6 Å². The molecule has 1 aromatic heterocycles. The van der Waals surface area contributed by atoms with Gasteiger partial charge >= 0.3 is 0 Å².